The molecule has 1 N–H and O–H groups in total. The van der Waals surface area contributed by atoms with Gasteiger partial charge in [0, 0.05) is 12.6 Å². The van der Waals surface area contributed by atoms with Crippen molar-refractivity contribution in [2.45, 2.75) is 6.92 Å². The monoisotopic (exact) mass is 164 g/mol. The first-order valence-electron chi connectivity index (χ1n) is 3.43. The summed E-state index contributed by atoms with van der Waals surface area (Å²) in [5, 5.41) is 5.30. The van der Waals surface area contributed by atoms with Gasteiger partial charge in [-0.15, -0.1) is 4.91 Å². The molecule has 62 valence electrons. The van der Waals surface area contributed by atoms with Crippen LogP contribution in [0.1, 0.15) is 6.92 Å². The maximum atomic E-state index is 10.6. The van der Waals surface area contributed by atoms with Crippen molar-refractivity contribution in [3.05, 3.63) is 29.2 Å². The van der Waals surface area contributed by atoms with E-state index in [4.69, 9.17) is 0 Å². The van der Waals surface area contributed by atoms with Crippen molar-refractivity contribution < 1.29 is 4.79 Å². The Bertz CT molecular complexity index is 292. The molecule has 1 aromatic rings. The molecule has 0 aliphatic carbocycles. The zero-order valence-corrected chi connectivity index (χ0v) is 6.57. The van der Waals surface area contributed by atoms with Crippen LogP contribution in [0.4, 0.5) is 11.4 Å². The number of nitrogens with zero attached hydrogens (tertiary/aromatic N) is 1. The second-order valence-corrected chi connectivity index (χ2v) is 2.32. The van der Waals surface area contributed by atoms with Crippen molar-refractivity contribution in [2.24, 2.45) is 5.18 Å². The first-order chi connectivity index (χ1) is 5.72. The lowest BCUT2D eigenvalue weighted by Gasteiger charge is -1.99. The Hall–Kier alpha value is -1.71. The van der Waals surface area contributed by atoms with Crippen molar-refractivity contribution in [2.75, 3.05) is 5.32 Å². The summed E-state index contributed by atoms with van der Waals surface area (Å²) in [6.45, 7) is 1.42. The van der Waals surface area contributed by atoms with E-state index in [9.17, 15) is 9.70 Å². The molecule has 12 heavy (non-hydrogen) atoms. The number of rotatable bonds is 2. The van der Waals surface area contributed by atoms with Gasteiger partial charge in [-0.05, 0) is 29.4 Å². The van der Waals surface area contributed by atoms with Crippen molar-refractivity contribution in [3.8, 4) is 0 Å². The van der Waals surface area contributed by atoms with E-state index < -0.39 is 0 Å². The summed E-state index contributed by atoms with van der Waals surface area (Å²) in [5.74, 6) is -0.137. The molecule has 1 amide bonds. The minimum absolute atomic E-state index is 0.137. The number of carbonyl (C=O) groups excluding carboxylic acids is 1. The second-order valence-electron chi connectivity index (χ2n) is 2.32. The third-order valence-corrected chi connectivity index (χ3v) is 1.29. The van der Waals surface area contributed by atoms with Crippen LogP contribution in [0.2, 0.25) is 0 Å². The van der Waals surface area contributed by atoms with Crippen LogP contribution in [0, 0.1) is 4.91 Å². The molecule has 0 aliphatic rings. The van der Waals surface area contributed by atoms with Crippen LogP contribution in [0.3, 0.4) is 0 Å². The van der Waals surface area contributed by atoms with E-state index >= 15 is 0 Å². The summed E-state index contributed by atoms with van der Waals surface area (Å²) in [6.07, 6.45) is 0. The van der Waals surface area contributed by atoms with Crippen molar-refractivity contribution in [3.63, 3.8) is 0 Å². The predicted molar refractivity (Wildman–Crippen MR) is 46.2 cm³/mol. The Balaban J connectivity index is 2.77. The number of nitrogens with one attached hydrogen (secondary N) is 1. The summed E-state index contributed by atoms with van der Waals surface area (Å²) in [7, 11) is 0. The lowest BCUT2D eigenvalue weighted by molar-refractivity contribution is -0.114. The smallest absolute Gasteiger partial charge is 0.221 e. The maximum Gasteiger partial charge on any atom is 0.221 e. The molecule has 1 aromatic carbocycles. The fourth-order valence-electron chi connectivity index (χ4n) is 0.809. The predicted octanol–water partition coefficient (Wildman–Crippen LogP) is 2.04. The third kappa shape index (κ3) is 2.16. The molecule has 0 aliphatic heterocycles. The fourth-order valence-corrected chi connectivity index (χ4v) is 0.809. The minimum atomic E-state index is -0.137. The Morgan fingerprint density at radius 3 is 2.33 bits per heavy atom. The van der Waals surface area contributed by atoms with Gasteiger partial charge in [0.15, 0.2) is 0 Å². The summed E-state index contributed by atoms with van der Waals surface area (Å²) < 4.78 is 0. The number of benzene rings is 1. The van der Waals surface area contributed by atoms with Gasteiger partial charge >= 0.3 is 0 Å². The van der Waals surface area contributed by atoms with Gasteiger partial charge in [-0.2, -0.15) is 0 Å². The van der Waals surface area contributed by atoms with Gasteiger partial charge in [0.25, 0.3) is 0 Å². The van der Waals surface area contributed by atoms with Crippen molar-refractivity contribution in [1.82, 2.24) is 0 Å². The topological polar surface area (TPSA) is 58.5 Å². The quantitative estimate of drug-likeness (QED) is 0.680. The van der Waals surface area contributed by atoms with E-state index in [-0.39, 0.29) is 5.91 Å². The fraction of sp³-hybridized carbons (Fsp3) is 0.125. The van der Waals surface area contributed by atoms with Crippen LogP contribution in [-0.4, -0.2) is 5.91 Å². The molecule has 0 atom stereocenters. The molecule has 0 aromatic heterocycles. The summed E-state index contributed by atoms with van der Waals surface area (Å²) >= 11 is 0. The first kappa shape index (κ1) is 8.39. The van der Waals surface area contributed by atoms with Crippen LogP contribution in [0.15, 0.2) is 29.4 Å². The van der Waals surface area contributed by atoms with Gasteiger partial charge in [-0.1, -0.05) is 0 Å². The van der Waals surface area contributed by atoms with Gasteiger partial charge in [0.2, 0.25) is 5.91 Å². The largest absolute Gasteiger partial charge is 0.326 e. The SMILES string of the molecule is CC(=O)Nc1ccc(N=O)cc1. The Kier molecular flexibility index (Phi) is 2.53. The lowest BCUT2D eigenvalue weighted by atomic mass is 10.3. The molecule has 0 heterocycles. The number of hydrogen-bond donors (Lipinski definition) is 1. The standard InChI is InChI=1S/C8H8N2O2/c1-6(11)9-7-2-4-8(10-12)5-3-7/h2-5H,1H3,(H,9,11). The zero-order chi connectivity index (χ0) is 8.97. The summed E-state index contributed by atoms with van der Waals surface area (Å²) in [5.41, 5.74) is 1.01. The van der Waals surface area contributed by atoms with E-state index in [1.807, 2.05) is 0 Å². The molecule has 0 radical (unpaired) electrons. The van der Waals surface area contributed by atoms with E-state index in [2.05, 4.69) is 10.5 Å². The van der Waals surface area contributed by atoms with Crippen molar-refractivity contribution in [1.29, 1.82) is 0 Å². The number of amides is 1. The highest BCUT2D eigenvalue weighted by atomic mass is 16.3. The minimum Gasteiger partial charge on any atom is -0.326 e. The van der Waals surface area contributed by atoms with Crippen LogP contribution >= 0.6 is 0 Å². The lowest BCUT2D eigenvalue weighted by Crippen LogP contribution is -2.04. The average Bonchev–Trinajstić information content (AvgIpc) is 2.05. The second kappa shape index (κ2) is 3.61. The average molecular weight is 164 g/mol. The molecule has 0 saturated heterocycles. The number of hydrogen-bond acceptors (Lipinski definition) is 3. The van der Waals surface area contributed by atoms with Gasteiger partial charge in [0.1, 0.15) is 5.69 Å². The number of carbonyl (C=O) groups is 1. The Morgan fingerprint density at radius 2 is 1.92 bits per heavy atom. The maximum absolute atomic E-state index is 10.6. The third-order valence-electron chi connectivity index (χ3n) is 1.29. The number of nitroso groups, excluding NO2 is 1. The van der Waals surface area contributed by atoms with E-state index in [0.29, 0.717) is 11.4 Å². The summed E-state index contributed by atoms with van der Waals surface area (Å²) in [4.78, 5) is 20.6. The van der Waals surface area contributed by atoms with Crippen LogP contribution in [0.5, 0.6) is 0 Å². The Labute approximate surface area is 69.6 Å². The van der Waals surface area contributed by atoms with Crippen LogP contribution in [-0.2, 0) is 4.79 Å². The molecule has 4 heteroatoms. The molecular weight excluding hydrogens is 156 g/mol. The first-order valence-corrected chi connectivity index (χ1v) is 3.43. The highest BCUT2D eigenvalue weighted by molar-refractivity contribution is 5.88. The van der Waals surface area contributed by atoms with E-state index in [0.717, 1.165) is 0 Å². The molecule has 0 bridgehead atoms. The van der Waals surface area contributed by atoms with Crippen LogP contribution in [0.25, 0.3) is 0 Å². The van der Waals surface area contributed by atoms with Gasteiger partial charge < -0.3 is 5.32 Å². The van der Waals surface area contributed by atoms with Gasteiger partial charge in [-0.25, -0.2) is 0 Å². The molecule has 4 nitrogen and oxygen atoms in total. The highest BCUT2D eigenvalue weighted by Crippen LogP contribution is 2.15. The highest BCUT2D eigenvalue weighted by Gasteiger charge is 1.94. The molecule has 1 rings (SSSR count). The van der Waals surface area contributed by atoms with Gasteiger partial charge in [0.05, 0.1) is 0 Å². The van der Waals surface area contributed by atoms with Crippen LogP contribution < -0.4 is 5.32 Å². The molecule has 0 unspecified atom stereocenters. The molecular formula is C8H8N2O2. The van der Waals surface area contributed by atoms with E-state index in [1.165, 1.54) is 19.1 Å². The van der Waals surface area contributed by atoms with Crippen molar-refractivity contribution >= 4 is 17.3 Å². The molecule has 0 fully saturated rings. The van der Waals surface area contributed by atoms with E-state index in [1.54, 1.807) is 12.1 Å². The normalized spacial score (nSPS) is 9.08. The summed E-state index contributed by atoms with van der Waals surface area (Å²) in [6, 6.07) is 6.33. The van der Waals surface area contributed by atoms with Gasteiger partial charge in [-0.3, -0.25) is 4.79 Å². The zero-order valence-electron chi connectivity index (χ0n) is 6.57. The molecule has 0 spiro atoms. The number of anilines is 1. The Morgan fingerprint density at radius 1 is 1.33 bits per heavy atom. The molecule has 0 saturated carbocycles.